The third-order valence-electron chi connectivity index (χ3n) is 5.04. The van der Waals surface area contributed by atoms with Crippen LogP contribution >= 0.6 is 11.6 Å². The van der Waals surface area contributed by atoms with Crippen molar-refractivity contribution in [3.05, 3.63) is 70.8 Å². The maximum atomic E-state index is 13.0. The lowest BCUT2D eigenvalue weighted by atomic mass is 9.81. The number of aliphatic hydroxyl groups is 4. The number of alkyl halides is 1. The van der Waals surface area contributed by atoms with Crippen molar-refractivity contribution >= 4 is 23.2 Å². The van der Waals surface area contributed by atoms with E-state index in [-0.39, 0.29) is 11.1 Å². The van der Waals surface area contributed by atoms with Gasteiger partial charge in [0.15, 0.2) is 23.6 Å². The maximum absolute atomic E-state index is 13.0. The Morgan fingerprint density at radius 2 is 1.48 bits per heavy atom. The molecule has 0 radical (unpaired) electrons. The van der Waals surface area contributed by atoms with Gasteiger partial charge in [-0.25, -0.2) is 0 Å². The number of rotatable bonds is 5. The van der Waals surface area contributed by atoms with Crippen LogP contribution in [0.1, 0.15) is 33.2 Å². The fourth-order valence-corrected chi connectivity index (χ4v) is 3.50. The number of carbonyl (C=O) groups excluding carboxylic acids is 2. The Morgan fingerprint density at radius 1 is 1.00 bits per heavy atom. The van der Waals surface area contributed by atoms with Gasteiger partial charge in [0.05, 0.1) is 0 Å². The normalized spacial score (nSPS) is 30.2. The van der Waals surface area contributed by atoms with E-state index in [1.54, 1.807) is 31.2 Å². The summed E-state index contributed by atoms with van der Waals surface area (Å²) in [5.74, 6) is -2.21. The van der Waals surface area contributed by atoms with Gasteiger partial charge in [0.2, 0.25) is 5.78 Å². The molecule has 4 N–H and O–H groups in total. The van der Waals surface area contributed by atoms with Crippen molar-refractivity contribution in [3.63, 3.8) is 0 Å². The SMILES string of the molecule is Cc1ccc(C(=O)[C@@]2(O)[C@@H](C(=O)C(O)c3ccc(C)cc3)OC(O)(Cl)[C@@H]2O)cc1. The topological polar surface area (TPSA) is 124 Å². The quantitative estimate of drug-likeness (QED) is 0.422. The van der Waals surface area contributed by atoms with E-state index in [9.17, 15) is 30.0 Å². The second-order valence-electron chi connectivity index (χ2n) is 7.25. The van der Waals surface area contributed by atoms with Crippen LogP contribution in [0.5, 0.6) is 0 Å². The number of ether oxygens (including phenoxy) is 1. The van der Waals surface area contributed by atoms with Crippen LogP contribution in [0.25, 0.3) is 0 Å². The highest BCUT2D eigenvalue weighted by Gasteiger charge is 2.69. The maximum Gasteiger partial charge on any atom is 0.277 e. The van der Waals surface area contributed by atoms with Crippen molar-refractivity contribution in [2.45, 2.75) is 43.0 Å². The van der Waals surface area contributed by atoms with Crippen molar-refractivity contribution in [3.8, 4) is 0 Å². The minimum atomic E-state index is -2.91. The molecule has 1 saturated heterocycles. The van der Waals surface area contributed by atoms with Gasteiger partial charge in [-0.1, -0.05) is 71.3 Å². The summed E-state index contributed by atoms with van der Waals surface area (Å²) in [7, 11) is 0. The first-order chi connectivity index (χ1) is 13.5. The first-order valence-electron chi connectivity index (χ1n) is 8.88. The molecule has 0 spiro atoms. The Hall–Kier alpha value is -2.13. The molecule has 3 rings (SSSR count). The average Bonchev–Trinajstić information content (AvgIpc) is 2.88. The van der Waals surface area contributed by atoms with Gasteiger partial charge in [-0.15, -0.1) is 0 Å². The van der Waals surface area contributed by atoms with Crippen LogP contribution in [-0.4, -0.2) is 55.0 Å². The number of hydrogen-bond acceptors (Lipinski definition) is 7. The molecule has 2 aromatic carbocycles. The number of Topliss-reactive ketones (excluding diaryl/α,β-unsaturated/α-hetero) is 2. The van der Waals surface area contributed by atoms with Crippen LogP contribution in [-0.2, 0) is 9.53 Å². The van der Waals surface area contributed by atoms with E-state index in [1.165, 1.54) is 24.3 Å². The van der Waals surface area contributed by atoms with E-state index >= 15 is 0 Å². The average molecular weight is 421 g/mol. The molecular formula is C21H21ClO7. The Bertz CT molecular complexity index is 923. The summed E-state index contributed by atoms with van der Waals surface area (Å²) in [6.07, 6.45) is -6.23. The summed E-state index contributed by atoms with van der Waals surface area (Å²) in [4.78, 5) is 25.9. The third-order valence-corrected chi connectivity index (χ3v) is 5.33. The molecule has 5 atom stereocenters. The van der Waals surface area contributed by atoms with Gasteiger partial charge in [-0.3, -0.25) is 9.59 Å². The highest BCUT2D eigenvalue weighted by atomic mass is 35.5. The summed E-state index contributed by atoms with van der Waals surface area (Å²) >= 11 is 5.71. The van der Waals surface area contributed by atoms with E-state index in [4.69, 9.17) is 16.3 Å². The molecule has 2 aromatic rings. The monoisotopic (exact) mass is 420 g/mol. The fraction of sp³-hybridized carbons (Fsp3) is 0.333. The lowest BCUT2D eigenvalue weighted by molar-refractivity contribution is -0.174. The van der Waals surface area contributed by atoms with Gasteiger partial charge >= 0.3 is 0 Å². The molecule has 1 aliphatic heterocycles. The van der Waals surface area contributed by atoms with Crippen LogP contribution in [0.2, 0.25) is 0 Å². The number of hydrogen-bond donors (Lipinski definition) is 4. The van der Waals surface area contributed by atoms with E-state index in [0.29, 0.717) is 0 Å². The van der Waals surface area contributed by atoms with Gasteiger partial charge in [-0.2, -0.15) is 0 Å². The fourth-order valence-electron chi connectivity index (χ4n) is 3.25. The number of aliphatic hydroxyl groups excluding tert-OH is 2. The summed E-state index contributed by atoms with van der Waals surface area (Å²) in [6.45, 7) is 3.61. The molecule has 7 nitrogen and oxygen atoms in total. The van der Waals surface area contributed by atoms with Crippen molar-refractivity contribution < 1.29 is 34.8 Å². The zero-order valence-corrected chi connectivity index (χ0v) is 16.5. The third kappa shape index (κ3) is 3.73. The molecule has 29 heavy (non-hydrogen) atoms. The van der Waals surface area contributed by atoms with E-state index in [1.807, 2.05) is 6.92 Å². The second-order valence-corrected chi connectivity index (χ2v) is 7.79. The Balaban J connectivity index is 2.00. The van der Waals surface area contributed by atoms with Gasteiger partial charge in [0.1, 0.15) is 6.10 Å². The number of carbonyl (C=O) groups is 2. The van der Waals surface area contributed by atoms with Gasteiger partial charge in [-0.05, 0) is 19.4 Å². The van der Waals surface area contributed by atoms with E-state index < -0.39 is 40.7 Å². The van der Waals surface area contributed by atoms with Crippen molar-refractivity contribution in [1.29, 1.82) is 0 Å². The minimum Gasteiger partial charge on any atom is -0.382 e. The molecule has 8 heteroatoms. The Labute approximate surface area is 172 Å². The number of halogens is 1. The first-order valence-corrected chi connectivity index (χ1v) is 9.25. The van der Waals surface area contributed by atoms with E-state index in [0.717, 1.165) is 11.1 Å². The molecule has 0 aliphatic carbocycles. The van der Waals surface area contributed by atoms with Gasteiger partial charge < -0.3 is 25.2 Å². The number of aryl methyl sites for hydroxylation is 2. The van der Waals surface area contributed by atoms with Crippen LogP contribution < -0.4 is 0 Å². The van der Waals surface area contributed by atoms with Gasteiger partial charge in [0.25, 0.3) is 5.25 Å². The van der Waals surface area contributed by atoms with Crippen molar-refractivity contribution in [1.82, 2.24) is 0 Å². The first kappa shape index (κ1) is 21.6. The summed E-state index contributed by atoms with van der Waals surface area (Å²) in [6, 6.07) is 12.3. The minimum absolute atomic E-state index is 0.0299. The lowest BCUT2D eigenvalue weighted by Crippen LogP contribution is -2.58. The molecule has 1 aliphatic rings. The highest BCUT2D eigenvalue weighted by Crippen LogP contribution is 2.43. The largest absolute Gasteiger partial charge is 0.382 e. The number of ketones is 2. The summed E-state index contributed by atoms with van der Waals surface area (Å²) in [5, 5.41) is 39.1. The van der Waals surface area contributed by atoms with Crippen molar-refractivity contribution in [2.24, 2.45) is 0 Å². The molecule has 2 unspecified atom stereocenters. The zero-order chi connectivity index (χ0) is 21.6. The molecular weight excluding hydrogens is 400 g/mol. The molecule has 0 aromatic heterocycles. The molecule has 154 valence electrons. The Kier molecular flexibility index (Phi) is 5.66. The van der Waals surface area contributed by atoms with E-state index in [2.05, 4.69) is 0 Å². The van der Waals surface area contributed by atoms with Crippen molar-refractivity contribution in [2.75, 3.05) is 0 Å². The van der Waals surface area contributed by atoms with Crippen LogP contribution in [0, 0.1) is 13.8 Å². The number of benzene rings is 2. The predicted octanol–water partition coefficient (Wildman–Crippen LogP) is 1.16. The molecule has 0 saturated carbocycles. The highest BCUT2D eigenvalue weighted by molar-refractivity contribution is 6.23. The molecule has 0 bridgehead atoms. The molecule has 1 fully saturated rings. The van der Waals surface area contributed by atoms with Crippen LogP contribution in [0.4, 0.5) is 0 Å². The second kappa shape index (κ2) is 7.60. The van der Waals surface area contributed by atoms with Gasteiger partial charge in [0, 0.05) is 5.56 Å². The Morgan fingerprint density at radius 3 is 2.00 bits per heavy atom. The summed E-state index contributed by atoms with van der Waals surface area (Å²) in [5.41, 5.74) is -1.02. The van der Waals surface area contributed by atoms with Crippen LogP contribution in [0.3, 0.4) is 0 Å². The predicted molar refractivity (Wildman–Crippen MR) is 103 cm³/mol. The zero-order valence-electron chi connectivity index (χ0n) is 15.7. The summed E-state index contributed by atoms with van der Waals surface area (Å²) < 4.78 is 4.96. The smallest absolute Gasteiger partial charge is 0.277 e. The molecule has 1 heterocycles. The van der Waals surface area contributed by atoms with Crippen LogP contribution in [0.15, 0.2) is 48.5 Å². The molecule has 0 amide bonds. The standard InChI is InChI=1S/C21H21ClO7/c1-11-3-7-13(8-4-11)15(23)16(24)18-20(27,19(26)21(22,28)29-18)17(25)14-9-5-12(2)6-10-14/h3-10,15,18-19,23,26-28H,1-2H3/t15?,18-,19-,20-,21?/m1/s1. The lowest BCUT2D eigenvalue weighted by Gasteiger charge is -2.29.